The molecule has 4 aliphatic rings. The summed E-state index contributed by atoms with van der Waals surface area (Å²) in [4.78, 5) is 55.3. The number of piperidine rings is 2. The second-order valence-corrected chi connectivity index (χ2v) is 21.6. The first-order valence-corrected chi connectivity index (χ1v) is 26.9. The lowest BCUT2D eigenvalue weighted by atomic mass is 9.89. The predicted molar refractivity (Wildman–Crippen MR) is 280 cm³/mol. The molecule has 19 heteroatoms. The fourth-order valence-electron chi connectivity index (χ4n) is 11.6. The minimum Gasteiger partial charge on any atom is -0.507 e. The lowest BCUT2D eigenvalue weighted by Crippen LogP contribution is -2.48. The molecule has 4 N–H and O–H groups in total. The number of hydrogen-bond acceptors (Lipinski definition) is 16. The summed E-state index contributed by atoms with van der Waals surface area (Å²) in [6.07, 6.45) is 8.44. The molecular formula is C55H64N12O6S. The molecule has 0 radical (unpaired) electrons. The van der Waals surface area contributed by atoms with E-state index in [-0.39, 0.29) is 42.5 Å². The number of benzene rings is 2. The van der Waals surface area contributed by atoms with E-state index in [9.17, 15) is 19.8 Å². The van der Waals surface area contributed by atoms with Crippen LogP contribution in [0, 0.1) is 12.8 Å². The summed E-state index contributed by atoms with van der Waals surface area (Å²) in [6, 6.07) is 18.6. The number of carbonyl (C=O) groups is 2. The Bertz CT molecular complexity index is 3090. The van der Waals surface area contributed by atoms with Gasteiger partial charge < -0.3 is 44.5 Å². The number of aliphatic hydroxyl groups excluding tert-OH is 1. The molecule has 0 aliphatic carbocycles. The van der Waals surface area contributed by atoms with Crippen molar-refractivity contribution in [3.8, 4) is 33.3 Å². The molecule has 0 saturated carbocycles. The summed E-state index contributed by atoms with van der Waals surface area (Å²) < 4.78 is 11.9. The number of β-amino-alcohol motifs (C(OH)–C–C–N with tert-alkyl or cyclic N) is 1. The molecule has 11 rings (SSSR count). The Labute approximate surface area is 434 Å². The lowest BCUT2D eigenvalue weighted by Gasteiger charge is -2.41. The highest BCUT2D eigenvalue weighted by Crippen LogP contribution is 2.40. The number of carbonyl (C=O) groups excluding carboxylic acids is 2. The van der Waals surface area contributed by atoms with E-state index < -0.39 is 18.1 Å². The van der Waals surface area contributed by atoms with Gasteiger partial charge in [-0.05, 0) is 105 Å². The highest BCUT2D eigenvalue weighted by Gasteiger charge is 2.43. The largest absolute Gasteiger partial charge is 0.507 e. The number of rotatable bonds is 14. The topological polar surface area (TPSA) is 215 Å². The number of thiazole rings is 1. The number of fused-ring (bicyclic) bond motifs is 3. The van der Waals surface area contributed by atoms with Crippen molar-refractivity contribution in [1.82, 2.24) is 55.3 Å². The second-order valence-electron chi connectivity index (χ2n) is 20.8. The van der Waals surface area contributed by atoms with Crippen LogP contribution in [0.2, 0.25) is 0 Å². The molecule has 5 aromatic heterocycles. The zero-order chi connectivity index (χ0) is 51.0. The van der Waals surface area contributed by atoms with Crippen molar-refractivity contribution in [3.63, 3.8) is 0 Å². The minimum absolute atomic E-state index is 0.0197. The average molecular weight is 1020 g/mol. The summed E-state index contributed by atoms with van der Waals surface area (Å²) in [6.45, 7) is 13.4. The van der Waals surface area contributed by atoms with Crippen LogP contribution in [0.4, 0.5) is 5.95 Å². The van der Waals surface area contributed by atoms with Crippen LogP contribution in [-0.2, 0) is 22.6 Å². The molecule has 2 aromatic carbocycles. The molecular weight excluding hydrogens is 957 g/mol. The highest BCUT2D eigenvalue weighted by molar-refractivity contribution is 7.13. The Hall–Kier alpha value is -6.80. The number of para-hydroxylation sites is 1. The van der Waals surface area contributed by atoms with Gasteiger partial charge in [0.1, 0.15) is 24.4 Å². The van der Waals surface area contributed by atoms with E-state index in [1.165, 1.54) is 16.0 Å². The number of aromatic hydroxyl groups is 1. The Morgan fingerprint density at radius 1 is 0.959 bits per heavy atom. The van der Waals surface area contributed by atoms with Gasteiger partial charge in [0.2, 0.25) is 17.8 Å². The van der Waals surface area contributed by atoms with Crippen molar-refractivity contribution in [2.24, 2.45) is 5.92 Å². The normalized spacial score (nSPS) is 20.6. The number of phenolic OH excluding ortho intramolecular Hbond substituents is 1. The summed E-state index contributed by atoms with van der Waals surface area (Å²) in [7, 11) is 0. The van der Waals surface area contributed by atoms with Crippen LogP contribution in [-0.4, -0.2) is 136 Å². The molecule has 3 saturated heterocycles. The number of aryl methyl sites for hydroxylation is 1. The van der Waals surface area contributed by atoms with Gasteiger partial charge in [-0.1, -0.05) is 50.2 Å². The molecule has 2 amide bonds. The maximum Gasteiger partial charge on any atom is 0.255 e. The van der Waals surface area contributed by atoms with E-state index in [1.807, 2.05) is 81.1 Å². The molecule has 0 bridgehead atoms. The molecule has 0 spiro atoms. The van der Waals surface area contributed by atoms with E-state index in [4.69, 9.17) is 19.2 Å². The number of hydrogen-bond donors (Lipinski definition) is 4. The van der Waals surface area contributed by atoms with Crippen LogP contribution in [0.25, 0.3) is 32.7 Å². The number of anilines is 1. The predicted octanol–water partition coefficient (Wildman–Crippen LogP) is 7.36. The summed E-state index contributed by atoms with van der Waals surface area (Å²) in [5.74, 6) is 0.545. The first-order valence-electron chi connectivity index (χ1n) is 26.0. The SMILES string of the molecule is Cc1ncsc1-c1ccc(CNC(=O)[C@@H]2C[C@@H](O)CN2C(=O)[C@@H](c2cc(OCN3CCC(N4CCC(c5cnc(N6CCc7[nH]c8nnc(-c9ccccc9O)cc8c7[C@H]6C)nc5)CC4)CC3)no2)C(C)C)cc1. The Kier molecular flexibility index (Phi) is 14.2. The molecule has 0 unspecified atom stereocenters. The lowest BCUT2D eigenvalue weighted by molar-refractivity contribution is -0.141. The molecule has 4 aliphatic heterocycles. The van der Waals surface area contributed by atoms with Crippen LogP contribution in [0.15, 0.2) is 83.1 Å². The van der Waals surface area contributed by atoms with Gasteiger partial charge in [0.05, 0.1) is 33.9 Å². The molecule has 7 aromatic rings. The number of amides is 2. The molecule has 386 valence electrons. The van der Waals surface area contributed by atoms with E-state index in [1.54, 1.807) is 29.5 Å². The third-order valence-corrected chi connectivity index (χ3v) is 16.7. The van der Waals surface area contributed by atoms with Crippen LogP contribution in [0.1, 0.15) is 105 Å². The quantitative estimate of drug-likeness (QED) is 0.0837. The number of phenols is 1. The number of aromatic nitrogens is 7. The molecule has 9 heterocycles. The highest BCUT2D eigenvalue weighted by atomic mass is 32.1. The Morgan fingerprint density at radius 2 is 1.73 bits per heavy atom. The van der Waals surface area contributed by atoms with E-state index in [0.29, 0.717) is 48.1 Å². The van der Waals surface area contributed by atoms with Crippen molar-refractivity contribution in [2.45, 2.75) is 109 Å². The van der Waals surface area contributed by atoms with Crippen molar-refractivity contribution >= 4 is 40.1 Å². The summed E-state index contributed by atoms with van der Waals surface area (Å²) >= 11 is 1.59. The van der Waals surface area contributed by atoms with E-state index in [0.717, 1.165) is 109 Å². The Morgan fingerprint density at radius 3 is 2.46 bits per heavy atom. The van der Waals surface area contributed by atoms with Gasteiger partial charge >= 0.3 is 0 Å². The molecule has 4 atom stereocenters. The van der Waals surface area contributed by atoms with Crippen LogP contribution >= 0.6 is 11.3 Å². The average Bonchev–Trinajstić information content (AvgIpc) is 4.24. The number of nitrogens with one attached hydrogen (secondary N) is 2. The standard InChI is InChI=1S/C55H64N12O6S/c1-32(2)49(54(71)67-29-40(68)23-45(67)53(70)56-26-35-9-11-37(12-10-35)51-33(3)59-30-74-51)47-25-48(63-73-47)72-31-64-18-15-39(16-19-64)65-20-13-36(14-21-65)38-27-57-55(58-28-38)66-22-17-43-50(34(66)4)42-24-44(61-62-52(42)60-43)41-7-5-6-8-46(41)69/h5-12,24-25,27-28,30,32,34,36,39-40,45,49,68-69H,13-23,26,29,31H2,1-4H3,(H,56,70)(H,60,62)/t34-,40-,45+,49-/m1/s1. The Balaban J connectivity index is 0.633. The fourth-order valence-corrected chi connectivity index (χ4v) is 12.5. The number of aromatic amines is 1. The van der Waals surface area contributed by atoms with Gasteiger partial charge in [-0.25, -0.2) is 15.0 Å². The van der Waals surface area contributed by atoms with Gasteiger partial charge in [-0.15, -0.1) is 21.5 Å². The zero-order valence-electron chi connectivity index (χ0n) is 42.4. The zero-order valence-corrected chi connectivity index (χ0v) is 43.2. The van der Waals surface area contributed by atoms with Gasteiger partial charge in [0.25, 0.3) is 5.88 Å². The number of nitrogens with zero attached hydrogens (tertiary/aromatic N) is 10. The van der Waals surface area contributed by atoms with Gasteiger partial charge in [0.15, 0.2) is 11.4 Å². The third kappa shape index (κ3) is 10.1. The number of aliphatic hydroxyl groups is 1. The second kappa shape index (κ2) is 21.2. The minimum atomic E-state index is -0.813. The summed E-state index contributed by atoms with van der Waals surface area (Å²) in [5, 5.41) is 38.3. The monoisotopic (exact) mass is 1020 g/mol. The molecule has 74 heavy (non-hydrogen) atoms. The van der Waals surface area contributed by atoms with Crippen molar-refractivity contribution in [2.75, 3.05) is 50.9 Å². The first-order chi connectivity index (χ1) is 35.9. The summed E-state index contributed by atoms with van der Waals surface area (Å²) in [5.41, 5.74) is 10.4. The van der Waals surface area contributed by atoms with Gasteiger partial charge in [-0.2, -0.15) is 0 Å². The molecule has 3 fully saturated rings. The van der Waals surface area contributed by atoms with E-state index in [2.05, 4.69) is 52.3 Å². The maximum atomic E-state index is 14.2. The van der Waals surface area contributed by atoms with Crippen molar-refractivity contribution in [3.05, 3.63) is 112 Å². The van der Waals surface area contributed by atoms with Gasteiger partial charge in [-0.3, -0.25) is 14.5 Å². The first kappa shape index (κ1) is 49.4. The van der Waals surface area contributed by atoms with E-state index >= 15 is 0 Å². The fraction of sp³-hybridized carbons (Fsp3) is 0.455. The molecule has 18 nitrogen and oxygen atoms in total. The van der Waals surface area contributed by atoms with Crippen molar-refractivity contribution < 1.29 is 29.1 Å². The van der Waals surface area contributed by atoms with Crippen LogP contribution in [0.3, 0.4) is 0 Å². The van der Waals surface area contributed by atoms with Crippen molar-refractivity contribution in [1.29, 1.82) is 0 Å². The number of ether oxygens (including phenoxy) is 1. The smallest absolute Gasteiger partial charge is 0.255 e. The number of likely N-dealkylation sites (tertiary alicyclic amines) is 3. The maximum absolute atomic E-state index is 14.2. The van der Waals surface area contributed by atoms with Crippen LogP contribution in [0.5, 0.6) is 11.6 Å². The number of H-pyrrole nitrogens is 1. The third-order valence-electron chi connectivity index (χ3n) is 15.8. The van der Waals surface area contributed by atoms with Crippen LogP contribution < -0.4 is 15.0 Å². The van der Waals surface area contributed by atoms with Gasteiger partial charge in [0, 0.05) is 92.3 Å².